The molecule has 0 unspecified atom stereocenters. The number of anilines is 1. The maximum atomic E-state index is 11.7. The van der Waals surface area contributed by atoms with Gasteiger partial charge >= 0.3 is 0 Å². The fraction of sp³-hybridized carbons (Fsp3) is 0.188. The first-order valence-electron chi connectivity index (χ1n) is 6.39. The second kappa shape index (κ2) is 5.75. The maximum absolute atomic E-state index is 11.7. The molecule has 20 heavy (non-hydrogen) atoms. The number of aliphatic hydroxyl groups is 1. The van der Waals surface area contributed by atoms with Gasteiger partial charge in [0.15, 0.2) is 0 Å². The Morgan fingerprint density at radius 2 is 1.85 bits per heavy atom. The van der Waals surface area contributed by atoms with Crippen molar-refractivity contribution in [1.29, 1.82) is 0 Å². The van der Waals surface area contributed by atoms with Gasteiger partial charge in [0.2, 0.25) is 0 Å². The molecule has 0 aliphatic carbocycles. The van der Waals surface area contributed by atoms with Crippen LogP contribution < -0.4 is 11.1 Å². The molecule has 0 spiro atoms. The van der Waals surface area contributed by atoms with Crippen molar-refractivity contribution in [1.82, 2.24) is 5.32 Å². The summed E-state index contributed by atoms with van der Waals surface area (Å²) in [5.41, 5.74) is 10.8. The van der Waals surface area contributed by atoms with Gasteiger partial charge in [0, 0.05) is 12.7 Å². The van der Waals surface area contributed by atoms with Gasteiger partial charge in [0.1, 0.15) is 0 Å². The smallest absolute Gasteiger partial charge is 0.253 e. The van der Waals surface area contributed by atoms with Gasteiger partial charge in [-0.05, 0) is 35.2 Å². The van der Waals surface area contributed by atoms with Crippen LogP contribution in [0.25, 0.3) is 11.1 Å². The quantitative estimate of drug-likeness (QED) is 0.748. The van der Waals surface area contributed by atoms with Crippen LogP contribution in [0.2, 0.25) is 0 Å². The molecule has 1 amide bonds. The summed E-state index contributed by atoms with van der Waals surface area (Å²) in [6, 6.07) is 11.2. The Kier molecular flexibility index (Phi) is 4.05. The summed E-state index contributed by atoms with van der Waals surface area (Å²) in [4.78, 5) is 11.7. The monoisotopic (exact) mass is 270 g/mol. The van der Waals surface area contributed by atoms with Gasteiger partial charge < -0.3 is 16.2 Å². The van der Waals surface area contributed by atoms with Gasteiger partial charge in [-0.25, -0.2) is 0 Å². The van der Waals surface area contributed by atoms with Gasteiger partial charge in [-0.1, -0.05) is 30.3 Å². The zero-order valence-electron chi connectivity index (χ0n) is 11.6. The van der Waals surface area contributed by atoms with Crippen LogP contribution in [-0.4, -0.2) is 18.1 Å². The van der Waals surface area contributed by atoms with E-state index in [1.807, 2.05) is 37.3 Å². The number of carbonyl (C=O) groups excluding carboxylic acids is 1. The van der Waals surface area contributed by atoms with Gasteiger partial charge in [0.05, 0.1) is 12.2 Å². The molecule has 0 radical (unpaired) electrons. The molecule has 0 atom stereocenters. The van der Waals surface area contributed by atoms with Crippen molar-refractivity contribution in [2.45, 2.75) is 13.5 Å². The van der Waals surface area contributed by atoms with E-state index in [0.717, 1.165) is 22.3 Å². The van der Waals surface area contributed by atoms with Gasteiger partial charge in [-0.15, -0.1) is 0 Å². The first-order chi connectivity index (χ1) is 9.58. The molecule has 4 heteroatoms. The maximum Gasteiger partial charge on any atom is 0.253 e. The normalized spacial score (nSPS) is 10.3. The van der Waals surface area contributed by atoms with E-state index in [-0.39, 0.29) is 12.5 Å². The molecular weight excluding hydrogens is 252 g/mol. The second-order valence-corrected chi connectivity index (χ2v) is 4.63. The lowest BCUT2D eigenvalue weighted by Crippen LogP contribution is -2.19. The molecule has 0 saturated heterocycles. The Bertz CT molecular complexity index is 634. The fourth-order valence-corrected chi connectivity index (χ4v) is 2.16. The van der Waals surface area contributed by atoms with Crippen LogP contribution in [0, 0.1) is 6.92 Å². The van der Waals surface area contributed by atoms with Crippen LogP contribution in [0.4, 0.5) is 5.69 Å². The summed E-state index contributed by atoms with van der Waals surface area (Å²) in [7, 11) is 1.58. The van der Waals surface area contributed by atoms with E-state index in [4.69, 9.17) is 10.8 Å². The Morgan fingerprint density at radius 3 is 2.40 bits per heavy atom. The highest BCUT2D eigenvalue weighted by Gasteiger charge is 2.13. The van der Waals surface area contributed by atoms with Crippen molar-refractivity contribution in [2.24, 2.45) is 0 Å². The van der Waals surface area contributed by atoms with Crippen molar-refractivity contribution in [3.05, 3.63) is 53.1 Å². The fourth-order valence-electron chi connectivity index (χ4n) is 2.16. The number of benzene rings is 2. The SMILES string of the molecule is CNC(=O)c1ccc(-c2ccc(CO)cc2)c(C)c1N. The van der Waals surface area contributed by atoms with Crippen molar-refractivity contribution in [3.63, 3.8) is 0 Å². The van der Waals surface area contributed by atoms with E-state index in [1.54, 1.807) is 13.1 Å². The largest absolute Gasteiger partial charge is 0.398 e. The Balaban J connectivity index is 2.47. The summed E-state index contributed by atoms with van der Waals surface area (Å²) in [6.45, 7) is 1.92. The number of aliphatic hydroxyl groups excluding tert-OH is 1. The minimum Gasteiger partial charge on any atom is -0.398 e. The second-order valence-electron chi connectivity index (χ2n) is 4.63. The predicted octanol–water partition coefficient (Wildman–Crippen LogP) is 2.10. The van der Waals surface area contributed by atoms with E-state index in [1.165, 1.54) is 0 Å². The average molecular weight is 270 g/mol. The molecule has 2 aromatic carbocycles. The van der Waals surface area contributed by atoms with Crippen molar-refractivity contribution in [3.8, 4) is 11.1 Å². The van der Waals surface area contributed by atoms with Crippen LogP contribution in [0.5, 0.6) is 0 Å². The molecule has 104 valence electrons. The molecule has 0 aromatic heterocycles. The first kappa shape index (κ1) is 14.1. The molecule has 0 aliphatic heterocycles. The van der Waals surface area contributed by atoms with E-state index in [0.29, 0.717) is 11.3 Å². The predicted molar refractivity (Wildman–Crippen MR) is 80.3 cm³/mol. The highest BCUT2D eigenvalue weighted by atomic mass is 16.3. The summed E-state index contributed by atoms with van der Waals surface area (Å²) in [6.07, 6.45) is 0. The molecule has 2 aromatic rings. The molecule has 2 rings (SSSR count). The molecule has 0 saturated carbocycles. The number of nitrogen functional groups attached to an aromatic ring is 1. The first-order valence-corrected chi connectivity index (χ1v) is 6.39. The van der Waals surface area contributed by atoms with Gasteiger partial charge in [-0.2, -0.15) is 0 Å². The average Bonchev–Trinajstić information content (AvgIpc) is 2.49. The van der Waals surface area contributed by atoms with Crippen molar-refractivity contribution in [2.75, 3.05) is 12.8 Å². The van der Waals surface area contributed by atoms with Crippen LogP contribution in [-0.2, 0) is 6.61 Å². The highest BCUT2D eigenvalue weighted by molar-refractivity contribution is 6.00. The Labute approximate surface area is 118 Å². The van der Waals surface area contributed by atoms with Crippen molar-refractivity contribution < 1.29 is 9.90 Å². The standard InChI is InChI=1S/C16H18N2O2/c1-10-13(12-5-3-11(9-19)4-6-12)7-8-14(15(10)17)16(20)18-2/h3-8,19H,9,17H2,1-2H3,(H,18,20). The van der Waals surface area contributed by atoms with Gasteiger partial charge in [-0.3, -0.25) is 4.79 Å². The van der Waals surface area contributed by atoms with E-state index in [9.17, 15) is 4.79 Å². The topological polar surface area (TPSA) is 75.3 Å². The van der Waals surface area contributed by atoms with E-state index < -0.39 is 0 Å². The molecule has 0 aliphatic rings. The number of nitrogens with two attached hydrogens (primary N) is 1. The number of hydrogen-bond acceptors (Lipinski definition) is 3. The molecule has 0 heterocycles. The van der Waals surface area contributed by atoms with Crippen LogP contribution in [0.1, 0.15) is 21.5 Å². The lowest BCUT2D eigenvalue weighted by Gasteiger charge is -2.13. The zero-order valence-corrected chi connectivity index (χ0v) is 11.6. The lowest BCUT2D eigenvalue weighted by atomic mass is 9.95. The Hall–Kier alpha value is -2.33. The summed E-state index contributed by atoms with van der Waals surface area (Å²) in [5, 5.41) is 11.6. The van der Waals surface area contributed by atoms with Crippen LogP contribution >= 0.6 is 0 Å². The van der Waals surface area contributed by atoms with E-state index in [2.05, 4.69) is 5.32 Å². The number of hydrogen-bond donors (Lipinski definition) is 3. The summed E-state index contributed by atoms with van der Waals surface area (Å²) < 4.78 is 0. The summed E-state index contributed by atoms with van der Waals surface area (Å²) in [5.74, 6) is -0.187. The third-order valence-electron chi connectivity index (χ3n) is 3.43. The highest BCUT2D eigenvalue weighted by Crippen LogP contribution is 2.29. The molecule has 4 N–H and O–H groups in total. The van der Waals surface area contributed by atoms with E-state index >= 15 is 0 Å². The molecule has 0 bridgehead atoms. The molecular formula is C16H18N2O2. The minimum atomic E-state index is -0.187. The third-order valence-corrected chi connectivity index (χ3v) is 3.43. The number of rotatable bonds is 3. The van der Waals surface area contributed by atoms with Crippen molar-refractivity contribution >= 4 is 11.6 Å². The third kappa shape index (κ3) is 2.51. The number of nitrogens with one attached hydrogen (secondary N) is 1. The molecule has 0 fully saturated rings. The summed E-state index contributed by atoms with van der Waals surface area (Å²) >= 11 is 0. The van der Waals surface area contributed by atoms with Crippen LogP contribution in [0.15, 0.2) is 36.4 Å². The lowest BCUT2D eigenvalue weighted by molar-refractivity contribution is 0.0964. The van der Waals surface area contributed by atoms with Crippen LogP contribution in [0.3, 0.4) is 0 Å². The van der Waals surface area contributed by atoms with Gasteiger partial charge in [0.25, 0.3) is 5.91 Å². The number of carbonyl (C=O) groups is 1. The number of amides is 1. The Morgan fingerprint density at radius 1 is 1.20 bits per heavy atom. The minimum absolute atomic E-state index is 0.0248. The molecule has 4 nitrogen and oxygen atoms in total. The zero-order chi connectivity index (χ0) is 14.7.